The van der Waals surface area contributed by atoms with Crippen LogP contribution in [-0.2, 0) is 0 Å². The molecule has 0 heterocycles. The van der Waals surface area contributed by atoms with Crippen LogP contribution >= 0.6 is 0 Å². The van der Waals surface area contributed by atoms with Gasteiger partial charge in [0.05, 0.1) is 0 Å². The molecule has 1 rings (SSSR count). The summed E-state index contributed by atoms with van der Waals surface area (Å²) in [4.78, 5) is 0. The lowest BCUT2D eigenvalue weighted by atomic mass is 10.0. The average Bonchev–Trinajstić information content (AvgIpc) is 2.19. The molecule has 0 radical (unpaired) electrons. The van der Waals surface area contributed by atoms with E-state index in [1.54, 1.807) is 0 Å². The van der Waals surface area contributed by atoms with Crippen LogP contribution in [0.2, 0.25) is 0 Å². The summed E-state index contributed by atoms with van der Waals surface area (Å²) >= 11 is 0. The molecule has 0 nitrogen and oxygen atoms in total. The maximum absolute atomic E-state index is 5.47. The molecule has 0 aromatic heterocycles. The maximum atomic E-state index is 5.47. The van der Waals surface area contributed by atoms with E-state index in [9.17, 15) is 0 Å². The molecule has 0 unspecified atom stereocenters. The smallest absolute Gasteiger partial charge is 0.00223 e. The average molecular weight is 190 g/mol. The van der Waals surface area contributed by atoms with Gasteiger partial charge in [-0.15, -0.1) is 6.42 Å². The summed E-state index contributed by atoms with van der Waals surface area (Å²) in [7, 11) is 0. The highest BCUT2D eigenvalue weighted by atomic mass is 14.0. The van der Waals surface area contributed by atoms with Gasteiger partial charge in [-0.1, -0.05) is 50.5 Å². The van der Waals surface area contributed by atoms with Gasteiger partial charge in [0.25, 0.3) is 0 Å². The normalized spacial score (nSPS) is 24.9. The highest BCUT2D eigenvalue weighted by molar-refractivity contribution is 5.24. The third-order valence-electron chi connectivity index (χ3n) is 2.98. The van der Waals surface area contributed by atoms with Crippen molar-refractivity contribution in [2.45, 2.75) is 64.2 Å². The summed E-state index contributed by atoms with van der Waals surface area (Å²) in [5, 5.41) is 0. The summed E-state index contributed by atoms with van der Waals surface area (Å²) in [5.74, 6) is 2.82. The molecule has 78 valence electrons. The van der Waals surface area contributed by atoms with Crippen LogP contribution in [0.5, 0.6) is 0 Å². The lowest BCUT2D eigenvalue weighted by molar-refractivity contribution is 0.564. The van der Waals surface area contributed by atoms with E-state index in [-0.39, 0.29) is 0 Å². The van der Waals surface area contributed by atoms with Crippen LogP contribution in [0, 0.1) is 12.3 Å². The molecule has 1 aliphatic rings. The molecule has 0 saturated heterocycles. The van der Waals surface area contributed by atoms with Crippen molar-refractivity contribution in [3.05, 3.63) is 11.6 Å². The lowest BCUT2D eigenvalue weighted by Gasteiger charge is -2.05. The van der Waals surface area contributed by atoms with E-state index < -0.39 is 0 Å². The quantitative estimate of drug-likeness (QED) is 0.495. The Labute approximate surface area is 88.8 Å². The van der Waals surface area contributed by atoms with Crippen LogP contribution in [0.15, 0.2) is 11.6 Å². The van der Waals surface area contributed by atoms with Crippen LogP contribution in [-0.4, -0.2) is 0 Å². The summed E-state index contributed by atoms with van der Waals surface area (Å²) in [5.41, 5.74) is 1.24. The Bertz CT molecular complexity index is 205. The molecule has 0 aromatic carbocycles. The third-order valence-corrected chi connectivity index (χ3v) is 2.98. The van der Waals surface area contributed by atoms with Gasteiger partial charge in [0.15, 0.2) is 0 Å². The van der Waals surface area contributed by atoms with Gasteiger partial charge in [-0.2, -0.15) is 0 Å². The van der Waals surface area contributed by atoms with Gasteiger partial charge in [-0.3, -0.25) is 0 Å². The van der Waals surface area contributed by atoms with Crippen LogP contribution in [0.3, 0.4) is 0 Å². The fourth-order valence-corrected chi connectivity index (χ4v) is 2.03. The highest BCUT2D eigenvalue weighted by Crippen LogP contribution is 2.16. The van der Waals surface area contributed by atoms with Crippen molar-refractivity contribution in [3.8, 4) is 12.3 Å². The van der Waals surface area contributed by atoms with Crippen molar-refractivity contribution in [2.24, 2.45) is 0 Å². The molecule has 0 saturated carbocycles. The molecular formula is C14H22. The van der Waals surface area contributed by atoms with Gasteiger partial charge >= 0.3 is 0 Å². The largest absolute Gasteiger partial charge is 0.115 e. The maximum Gasteiger partial charge on any atom is -0.00223 e. The van der Waals surface area contributed by atoms with E-state index in [1.807, 2.05) is 0 Å². The molecule has 0 spiro atoms. The first-order valence-corrected chi connectivity index (χ1v) is 6.09. The molecule has 0 N–H and O–H groups in total. The molecule has 0 aromatic rings. The Balaban J connectivity index is 2.34. The van der Waals surface area contributed by atoms with Gasteiger partial charge in [-0.05, 0) is 31.3 Å². The number of allylic oxidation sites excluding steroid dienone is 2. The number of hydrogen-bond donors (Lipinski definition) is 0. The molecular weight excluding hydrogens is 168 g/mol. The minimum absolute atomic E-state index is 1.14. The standard InChI is InChI=1S/C14H22/c1-2-14-12-10-8-6-4-3-5-7-9-11-13-14/h1,12H,3-11,13H2/b14-12-. The van der Waals surface area contributed by atoms with Crippen LogP contribution in [0.4, 0.5) is 0 Å². The van der Waals surface area contributed by atoms with E-state index in [2.05, 4.69) is 12.0 Å². The first kappa shape index (κ1) is 11.4. The molecule has 1 aliphatic carbocycles. The second-order valence-electron chi connectivity index (χ2n) is 4.24. The summed E-state index contributed by atoms with van der Waals surface area (Å²) < 4.78 is 0. The molecule has 0 amide bonds. The first-order valence-electron chi connectivity index (χ1n) is 6.09. The first-order chi connectivity index (χ1) is 6.93. The van der Waals surface area contributed by atoms with Gasteiger partial charge in [0.2, 0.25) is 0 Å². The molecule has 14 heavy (non-hydrogen) atoms. The predicted octanol–water partition coefficient (Wildman–Crippen LogP) is 4.46. The van der Waals surface area contributed by atoms with Crippen molar-refractivity contribution >= 4 is 0 Å². The van der Waals surface area contributed by atoms with Crippen molar-refractivity contribution in [1.82, 2.24) is 0 Å². The Kier molecular flexibility index (Phi) is 6.24. The second-order valence-corrected chi connectivity index (χ2v) is 4.24. The summed E-state index contributed by atoms with van der Waals surface area (Å²) in [6.45, 7) is 0. The monoisotopic (exact) mass is 190 g/mol. The van der Waals surface area contributed by atoms with E-state index in [0.29, 0.717) is 0 Å². The van der Waals surface area contributed by atoms with E-state index in [0.717, 1.165) is 6.42 Å². The number of rotatable bonds is 0. The van der Waals surface area contributed by atoms with E-state index in [1.165, 1.54) is 63.4 Å². The van der Waals surface area contributed by atoms with Crippen molar-refractivity contribution in [2.75, 3.05) is 0 Å². The summed E-state index contributed by atoms with van der Waals surface area (Å²) in [6, 6.07) is 0. The molecule has 0 aliphatic heterocycles. The Morgan fingerprint density at radius 1 is 0.857 bits per heavy atom. The molecule has 0 heteroatoms. The van der Waals surface area contributed by atoms with Crippen molar-refractivity contribution in [3.63, 3.8) is 0 Å². The fourth-order valence-electron chi connectivity index (χ4n) is 2.03. The molecule has 0 bridgehead atoms. The van der Waals surface area contributed by atoms with Crippen LogP contribution in [0.25, 0.3) is 0 Å². The zero-order valence-electron chi connectivity index (χ0n) is 9.23. The zero-order chi connectivity index (χ0) is 10.1. The zero-order valence-corrected chi connectivity index (χ0v) is 9.23. The van der Waals surface area contributed by atoms with E-state index in [4.69, 9.17) is 6.42 Å². The van der Waals surface area contributed by atoms with Crippen molar-refractivity contribution in [1.29, 1.82) is 0 Å². The minimum Gasteiger partial charge on any atom is -0.115 e. The van der Waals surface area contributed by atoms with Gasteiger partial charge in [0, 0.05) is 0 Å². The predicted molar refractivity (Wildman–Crippen MR) is 63.1 cm³/mol. The Morgan fingerprint density at radius 2 is 1.43 bits per heavy atom. The van der Waals surface area contributed by atoms with Gasteiger partial charge < -0.3 is 0 Å². The van der Waals surface area contributed by atoms with E-state index >= 15 is 0 Å². The van der Waals surface area contributed by atoms with Gasteiger partial charge in [0.1, 0.15) is 0 Å². The number of terminal acetylenes is 1. The molecule has 0 fully saturated rings. The fraction of sp³-hybridized carbons (Fsp3) is 0.714. The Morgan fingerprint density at radius 3 is 2.07 bits per heavy atom. The van der Waals surface area contributed by atoms with Crippen LogP contribution < -0.4 is 0 Å². The third kappa shape index (κ3) is 5.12. The second kappa shape index (κ2) is 7.68. The van der Waals surface area contributed by atoms with Gasteiger partial charge in [-0.25, -0.2) is 0 Å². The molecule has 0 atom stereocenters. The lowest BCUT2D eigenvalue weighted by Crippen LogP contribution is -1.86. The topological polar surface area (TPSA) is 0 Å². The highest BCUT2D eigenvalue weighted by Gasteiger charge is 1.97. The number of hydrogen-bond acceptors (Lipinski definition) is 0. The SMILES string of the molecule is C#C/C1=C/CCCCCCCCCC1. The van der Waals surface area contributed by atoms with Crippen molar-refractivity contribution < 1.29 is 0 Å². The minimum atomic E-state index is 1.14. The van der Waals surface area contributed by atoms with Crippen LogP contribution in [0.1, 0.15) is 64.2 Å². The Hall–Kier alpha value is -0.700. The summed E-state index contributed by atoms with van der Waals surface area (Å²) in [6.07, 6.45) is 21.1.